The maximum atomic E-state index is 12.9. The second-order valence-electron chi connectivity index (χ2n) is 5.41. The number of urea groups is 1. The number of hydrazine groups is 1. The first-order valence-electron chi connectivity index (χ1n) is 7.81. The number of nitrogens with zero attached hydrogens (tertiary/aromatic N) is 1. The molecule has 1 atom stereocenters. The van der Waals surface area contributed by atoms with Crippen molar-refractivity contribution in [3.63, 3.8) is 0 Å². The molecule has 1 aromatic carbocycles. The molecule has 3 amide bonds. The van der Waals surface area contributed by atoms with E-state index in [9.17, 15) is 9.59 Å². The topological polar surface area (TPSA) is 73.5 Å². The van der Waals surface area contributed by atoms with Crippen LogP contribution in [-0.4, -0.2) is 40.6 Å². The van der Waals surface area contributed by atoms with Gasteiger partial charge in [-0.2, -0.15) is 16.8 Å². The monoisotopic (exact) mass is 366 g/mol. The Labute approximate surface area is 151 Å². The van der Waals surface area contributed by atoms with Crippen LogP contribution in [0.25, 0.3) is 0 Å². The van der Waals surface area contributed by atoms with E-state index >= 15 is 0 Å². The van der Waals surface area contributed by atoms with Crippen molar-refractivity contribution in [2.45, 2.75) is 25.3 Å². The average molecular weight is 367 g/mol. The first-order valence-corrected chi connectivity index (χ1v) is 9.61. The lowest BCUT2D eigenvalue weighted by atomic mass is 9.87. The van der Waals surface area contributed by atoms with E-state index in [0.717, 1.165) is 22.7 Å². The molecule has 8 heteroatoms. The smallest absolute Gasteiger partial charge is 0.344 e. The van der Waals surface area contributed by atoms with Crippen LogP contribution in [0, 0.1) is 0 Å². The number of carbonyl (C=O) groups excluding carboxylic acids is 2. The quantitative estimate of drug-likeness (QED) is 0.389. The molecule has 0 aliphatic carbocycles. The Morgan fingerprint density at radius 3 is 2.67 bits per heavy atom. The van der Waals surface area contributed by atoms with Crippen molar-refractivity contribution in [1.82, 2.24) is 21.1 Å². The maximum absolute atomic E-state index is 12.9. The first kappa shape index (κ1) is 18.5. The predicted octanol–water partition coefficient (Wildman–Crippen LogP) is 1.98. The van der Waals surface area contributed by atoms with E-state index in [1.807, 2.05) is 43.5 Å². The van der Waals surface area contributed by atoms with Crippen LogP contribution in [0.3, 0.4) is 0 Å². The van der Waals surface area contributed by atoms with Crippen molar-refractivity contribution < 1.29 is 9.59 Å². The van der Waals surface area contributed by atoms with Gasteiger partial charge in [-0.15, -0.1) is 0 Å². The fourth-order valence-electron chi connectivity index (χ4n) is 2.60. The molecule has 0 bridgehead atoms. The molecule has 1 heterocycles. The second kappa shape index (κ2) is 8.34. The minimum Gasteiger partial charge on any atom is -0.361 e. The van der Waals surface area contributed by atoms with Crippen molar-refractivity contribution in [3.8, 4) is 0 Å². The summed E-state index contributed by atoms with van der Waals surface area (Å²) in [5.74, 6) is 0.667. The van der Waals surface area contributed by atoms with Gasteiger partial charge in [-0.1, -0.05) is 37.3 Å². The van der Waals surface area contributed by atoms with Crippen LogP contribution < -0.4 is 16.1 Å². The molecule has 1 aliphatic heterocycles. The highest BCUT2D eigenvalue weighted by atomic mass is 32.2. The minimum absolute atomic E-state index is 0.263. The molecule has 0 spiro atoms. The lowest BCUT2D eigenvalue weighted by molar-refractivity contribution is -0.133. The van der Waals surface area contributed by atoms with Gasteiger partial charge >= 0.3 is 6.03 Å². The zero-order valence-corrected chi connectivity index (χ0v) is 15.4. The summed E-state index contributed by atoms with van der Waals surface area (Å²) in [6, 6.07) is 8.74. The molecule has 1 aliphatic rings. The molecule has 0 unspecified atom stereocenters. The number of benzene rings is 1. The van der Waals surface area contributed by atoms with E-state index in [1.54, 1.807) is 11.8 Å². The van der Waals surface area contributed by atoms with E-state index in [2.05, 4.69) is 16.1 Å². The number of hydrogen-bond donors (Lipinski definition) is 3. The van der Waals surface area contributed by atoms with Crippen LogP contribution in [0.4, 0.5) is 4.79 Å². The van der Waals surface area contributed by atoms with Gasteiger partial charge in [0.05, 0.1) is 0 Å². The van der Waals surface area contributed by atoms with E-state index in [1.165, 1.54) is 0 Å². The van der Waals surface area contributed by atoms with Crippen molar-refractivity contribution in [1.29, 1.82) is 0 Å². The Bertz CT molecular complexity index is 611. The van der Waals surface area contributed by atoms with Crippen LogP contribution in [0.1, 0.15) is 25.3 Å². The number of rotatable bonds is 7. The summed E-state index contributed by atoms with van der Waals surface area (Å²) < 4.78 is 0. The molecule has 130 valence electrons. The number of amides is 3. The Morgan fingerprint density at radius 1 is 1.33 bits per heavy atom. The van der Waals surface area contributed by atoms with Gasteiger partial charge in [-0.3, -0.25) is 10.2 Å². The molecule has 0 saturated carbocycles. The van der Waals surface area contributed by atoms with Crippen LogP contribution in [0.2, 0.25) is 0 Å². The zero-order valence-electron chi connectivity index (χ0n) is 13.8. The van der Waals surface area contributed by atoms with Crippen LogP contribution in [0.5, 0.6) is 0 Å². The molecule has 6 nitrogen and oxygen atoms in total. The third-order valence-corrected chi connectivity index (χ3v) is 4.85. The Kier molecular flexibility index (Phi) is 6.44. The fraction of sp³-hybridized carbons (Fsp3) is 0.438. The highest BCUT2D eigenvalue weighted by molar-refractivity contribution is 7.98. The number of thiocarbonyl (C=S) groups is 1. The normalized spacial score (nSPS) is 20.0. The van der Waals surface area contributed by atoms with Crippen molar-refractivity contribution in [3.05, 3.63) is 35.9 Å². The fourth-order valence-corrected chi connectivity index (χ4v) is 3.22. The molecule has 0 radical (unpaired) electrons. The Hall–Kier alpha value is -1.80. The number of thioether (sulfide) groups is 1. The van der Waals surface area contributed by atoms with Crippen LogP contribution >= 0.6 is 24.0 Å². The largest absolute Gasteiger partial charge is 0.361 e. The Balaban J connectivity index is 2.07. The Morgan fingerprint density at radius 2 is 2.04 bits per heavy atom. The number of hydrogen-bond acceptors (Lipinski definition) is 4. The van der Waals surface area contributed by atoms with Gasteiger partial charge in [0.2, 0.25) is 0 Å². The van der Waals surface area contributed by atoms with E-state index in [4.69, 9.17) is 12.2 Å². The molecule has 2 rings (SSSR count). The van der Waals surface area contributed by atoms with Crippen molar-refractivity contribution in [2.75, 3.05) is 18.6 Å². The molecule has 1 aromatic rings. The van der Waals surface area contributed by atoms with Crippen LogP contribution in [-0.2, 0) is 10.3 Å². The summed E-state index contributed by atoms with van der Waals surface area (Å²) in [5.41, 5.74) is 2.40. The third kappa shape index (κ3) is 3.81. The maximum Gasteiger partial charge on any atom is 0.344 e. The highest BCUT2D eigenvalue weighted by Crippen LogP contribution is 2.31. The summed E-state index contributed by atoms with van der Waals surface area (Å²) in [6.45, 7) is 2.56. The van der Waals surface area contributed by atoms with Gasteiger partial charge in [-0.25, -0.2) is 4.79 Å². The average Bonchev–Trinajstić information content (AvgIpc) is 2.84. The first-order chi connectivity index (χ1) is 11.5. The van der Waals surface area contributed by atoms with E-state index < -0.39 is 11.6 Å². The van der Waals surface area contributed by atoms with Gasteiger partial charge in [0.1, 0.15) is 5.54 Å². The second-order valence-corrected chi connectivity index (χ2v) is 6.80. The number of carbonyl (C=O) groups is 2. The van der Waals surface area contributed by atoms with E-state index in [0.29, 0.717) is 13.0 Å². The summed E-state index contributed by atoms with van der Waals surface area (Å²) >= 11 is 6.93. The summed E-state index contributed by atoms with van der Waals surface area (Å²) in [6.07, 6.45) is 3.44. The van der Waals surface area contributed by atoms with Crippen molar-refractivity contribution in [2.24, 2.45) is 0 Å². The molecular weight excluding hydrogens is 344 g/mol. The SMILES string of the molecule is CC[C@]1(c2ccccc2)NC(=O)N(NC(=S)NCCCSC)C1=O. The summed E-state index contributed by atoms with van der Waals surface area (Å²) in [7, 11) is 0. The molecule has 24 heavy (non-hydrogen) atoms. The molecule has 3 N–H and O–H groups in total. The molecular formula is C16H22N4O2S2. The highest BCUT2D eigenvalue weighted by Gasteiger charge is 2.51. The lowest BCUT2D eigenvalue weighted by Gasteiger charge is -2.25. The van der Waals surface area contributed by atoms with Gasteiger partial charge in [-0.05, 0) is 42.6 Å². The summed E-state index contributed by atoms with van der Waals surface area (Å²) in [4.78, 5) is 25.2. The standard InChI is InChI=1S/C16H22N4O2S2/c1-3-16(12-8-5-4-6-9-12)13(21)20(15(22)18-16)19-14(23)17-10-7-11-24-2/h4-6,8-9H,3,7,10-11H2,1-2H3,(H,18,22)(H2,17,19,23)/t16-/m1/s1. The predicted molar refractivity (Wildman–Crippen MR) is 101 cm³/mol. The van der Waals surface area contributed by atoms with Crippen molar-refractivity contribution >= 4 is 41.0 Å². The van der Waals surface area contributed by atoms with Gasteiger partial charge in [0.25, 0.3) is 5.91 Å². The number of nitrogens with one attached hydrogen (secondary N) is 3. The molecule has 1 fully saturated rings. The zero-order chi connectivity index (χ0) is 17.6. The van der Waals surface area contributed by atoms with Crippen LogP contribution in [0.15, 0.2) is 30.3 Å². The number of imide groups is 1. The lowest BCUT2D eigenvalue weighted by Crippen LogP contribution is -2.51. The van der Waals surface area contributed by atoms with E-state index in [-0.39, 0.29) is 11.0 Å². The van der Waals surface area contributed by atoms with Gasteiger partial charge in [0, 0.05) is 6.54 Å². The minimum atomic E-state index is -1.06. The van der Waals surface area contributed by atoms with Gasteiger partial charge < -0.3 is 10.6 Å². The third-order valence-electron chi connectivity index (χ3n) is 3.91. The summed E-state index contributed by atoms with van der Waals surface area (Å²) in [5, 5.41) is 7.03. The molecule has 1 saturated heterocycles. The van der Waals surface area contributed by atoms with Gasteiger partial charge in [0.15, 0.2) is 5.11 Å². The molecule has 0 aromatic heterocycles.